The van der Waals surface area contributed by atoms with Crippen molar-refractivity contribution in [2.45, 2.75) is 238 Å². The molecular weight excluding hydrogens is 671 g/mol. The van der Waals surface area contributed by atoms with E-state index < -0.39 is 20.0 Å². The highest BCUT2D eigenvalue weighted by Gasteiger charge is 2.26. The number of carbonyl (C=O) groups excluding carboxylic acids is 1. The SMILES string of the molecule is CCCCCCCCCCCCCCCCC/C=C/C(O)C(COP(=O)(O)OCCN)NC(=O)CCCCCCCCCCCCCCCCCC. The van der Waals surface area contributed by atoms with Gasteiger partial charge in [0, 0.05) is 13.0 Å². The molecule has 9 heteroatoms. The van der Waals surface area contributed by atoms with Crippen LogP contribution in [0.3, 0.4) is 0 Å². The first-order valence-electron chi connectivity index (χ1n) is 22.3. The summed E-state index contributed by atoms with van der Waals surface area (Å²) in [5, 5.41) is 13.7. The first kappa shape index (κ1) is 51.2. The molecule has 3 atom stereocenters. The van der Waals surface area contributed by atoms with Gasteiger partial charge in [-0.1, -0.05) is 212 Å². The number of aliphatic hydroxyl groups is 1. The second kappa shape index (κ2) is 39.9. The molecule has 0 aromatic heterocycles. The number of nitrogens with two attached hydrogens (primary N) is 1. The molecule has 0 aliphatic heterocycles. The summed E-state index contributed by atoms with van der Waals surface area (Å²) in [7, 11) is -4.33. The van der Waals surface area contributed by atoms with Crippen molar-refractivity contribution in [1.82, 2.24) is 5.32 Å². The van der Waals surface area contributed by atoms with E-state index in [1.165, 1.54) is 167 Å². The number of phosphoric ester groups is 1. The molecule has 0 aromatic carbocycles. The predicted octanol–water partition coefficient (Wildman–Crippen LogP) is 12.4. The van der Waals surface area contributed by atoms with Crippen LogP contribution in [0.1, 0.15) is 226 Å². The molecule has 0 radical (unpaired) electrons. The maximum Gasteiger partial charge on any atom is 0.472 e. The van der Waals surface area contributed by atoms with Gasteiger partial charge in [-0.2, -0.15) is 0 Å². The smallest absolute Gasteiger partial charge is 0.387 e. The Morgan fingerprint density at radius 3 is 1.37 bits per heavy atom. The number of nitrogens with one attached hydrogen (secondary N) is 1. The third-order valence-electron chi connectivity index (χ3n) is 10.1. The van der Waals surface area contributed by atoms with Gasteiger partial charge in [0.15, 0.2) is 0 Å². The lowest BCUT2D eigenvalue weighted by molar-refractivity contribution is -0.123. The molecule has 52 heavy (non-hydrogen) atoms. The zero-order valence-electron chi connectivity index (χ0n) is 34.3. The van der Waals surface area contributed by atoms with Crippen molar-refractivity contribution in [2.75, 3.05) is 19.8 Å². The van der Waals surface area contributed by atoms with Gasteiger partial charge in [0.2, 0.25) is 5.91 Å². The van der Waals surface area contributed by atoms with Gasteiger partial charge in [0.05, 0.1) is 25.4 Å². The van der Waals surface area contributed by atoms with E-state index in [1.54, 1.807) is 6.08 Å². The average Bonchev–Trinajstić information content (AvgIpc) is 3.13. The van der Waals surface area contributed by atoms with Crippen LogP contribution in [0.5, 0.6) is 0 Å². The van der Waals surface area contributed by atoms with E-state index >= 15 is 0 Å². The number of hydrogen-bond acceptors (Lipinski definition) is 6. The summed E-state index contributed by atoms with van der Waals surface area (Å²) in [4.78, 5) is 22.7. The van der Waals surface area contributed by atoms with Crippen LogP contribution in [0.25, 0.3) is 0 Å². The fourth-order valence-corrected chi connectivity index (χ4v) is 7.48. The molecule has 0 aliphatic carbocycles. The fraction of sp³-hybridized carbons (Fsp3) is 0.930. The Morgan fingerprint density at radius 1 is 0.615 bits per heavy atom. The van der Waals surface area contributed by atoms with Crippen molar-refractivity contribution >= 4 is 13.7 Å². The van der Waals surface area contributed by atoms with Crippen LogP contribution in [-0.4, -0.2) is 47.8 Å². The molecule has 0 fully saturated rings. The number of rotatable bonds is 42. The summed E-state index contributed by atoms with van der Waals surface area (Å²) < 4.78 is 22.1. The number of aliphatic hydroxyl groups excluding tert-OH is 1. The summed E-state index contributed by atoms with van der Waals surface area (Å²) in [5.74, 6) is -0.190. The Hall–Kier alpha value is -0.760. The maximum atomic E-state index is 12.8. The van der Waals surface area contributed by atoms with Crippen molar-refractivity contribution in [1.29, 1.82) is 0 Å². The lowest BCUT2D eigenvalue weighted by atomic mass is 10.0. The lowest BCUT2D eigenvalue weighted by Gasteiger charge is -2.23. The summed E-state index contributed by atoms with van der Waals surface area (Å²) in [6.07, 6.45) is 44.0. The molecule has 0 aliphatic rings. The summed E-state index contributed by atoms with van der Waals surface area (Å²) in [5.41, 5.74) is 5.37. The molecule has 3 unspecified atom stereocenters. The van der Waals surface area contributed by atoms with Crippen molar-refractivity contribution in [3.63, 3.8) is 0 Å². The van der Waals surface area contributed by atoms with Gasteiger partial charge in [-0.25, -0.2) is 4.57 Å². The van der Waals surface area contributed by atoms with Crippen LogP contribution in [0.2, 0.25) is 0 Å². The van der Waals surface area contributed by atoms with Crippen LogP contribution in [0.4, 0.5) is 0 Å². The highest BCUT2D eigenvalue weighted by atomic mass is 31.2. The van der Waals surface area contributed by atoms with E-state index in [4.69, 9.17) is 14.8 Å². The fourth-order valence-electron chi connectivity index (χ4n) is 6.72. The third kappa shape index (κ3) is 37.6. The van der Waals surface area contributed by atoms with Crippen molar-refractivity contribution in [3.8, 4) is 0 Å². The van der Waals surface area contributed by atoms with Gasteiger partial charge in [-0.05, 0) is 19.3 Å². The Balaban J connectivity index is 4.18. The highest BCUT2D eigenvalue weighted by Crippen LogP contribution is 2.43. The van der Waals surface area contributed by atoms with Crippen molar-refractivity contribution < 1.29 is 28.4 Å². The Bertz CT molecular complexity index is 829. The van der Waals surface area contributed by atoms with E-state index in [-0.39, 0.29) is 25.7 Å². The van der Waals surface area contributed by atoms with E-state index in [0.717, 1.165) is 38.5 Å². The number of carbonyl (C=O) groups is 1. The van der Waals surface area contributed by atoms with Gasteiger partial charge in [-0.15, -0.1) is 0 Å². The Kier molecular flexibility index (Phi) is 39.3. The van der Waals surface area contributed by atoms with Crippen molar-refractivity contribution in [2.24, 2.45) is 5.73 Å². The van der Waals surface area contributed by atoms with E-state index in [2.05, 4.69) is 19.2 Å². The van der Waals surface area contributed by atoms with Crippen LogP contribution in [0.15, 0.2) is 12.2 Å². The molecule has 0 saturated heterocycles. The standard InChI is InChI=1S/C43H87N2O6P/c1-3-5-7-9-11-13-15-17-19-21-22-24-26-28-30-32-34-36-42(46)41(40-51-52(48,49)50-39-38-44)45-43(47)37-35-33-31-29-27-25-23-20-18-16-14-12-10-8-6-4-2/h34,36,41-42,46H,3-33,35,37-40,44H2,1-2H3,(H,45,47)(H,48,49)/b36-34+. The molecule has 0 rings (SSSR count). The molecule has 0 saturated carbocycles. The number of allylic oxidation sites excluding steroid dienone is 1. The maximum absolute atomic E-state index is 12.8. The van der Waals surface area contributed by atoms with Crippen LogP contribution in [-0.2, 0) is 18.4 Å². The third-order valence-corrected chi connectivity index (χ3v) is 11.1. The minimum Gasteiger partial charge on any atom is -0.387 e. The molecule has 1 amide bonds. The van der Waals surface area contributed by atoms with E-state index in [9.17, 15) is 19.4 Å². The molecule has 0 spiro atoms. The first-order chi connectivity index (χ1) is 25.4. The molecule has 0 heterocycles. The zero-order valence-corrected chi connectivity index (χ0v) is 35.2. The monoisotopic (exact) mass is 759 g/mol. The minimum absolute atomic E-state index is 0.0814. The largest absolute Gasteiger partial charge is 0.472 e. The second-order valence-corrected chi connectivity index (χ2v) is 16.7. The lowest BCUT2D eigenvalue weighted by Crippen LogP contribution is -2.45. The normalized spacial score (nSPS) is 14.2. The Morgan fingerprint density at radius 2 is 0.981 bits per heavy atom. The number of unbranched alkanes of at least 4 members (excludes halogenated alkanes) is 30. The second-order valence-electron chi connectivity index (χ2n) is 15.3. The summed E-state index contributed by atoms with van der Waals surface area (Å²) >= 11 is 0. The molecule has 0 aromatic rings. The van der Waals surface area contributed by atoms with E-state index in [0.29, 0.717) is 6.42 Å². The highest BCUT2D eigenvalue weighted by molar-refractivity contribution is 7.47. The molecule has 0 bridgehead atoms. The predicted molar refractivity (Wildman–Crippen MR) is 222 cm³/mol. The first-order valence-corrected chi connectivity index (χ1v) is 23.8. The zero-order chi connectivity index (χ0) is 38.2. The van der Waals surface area contributed by atoms with Crippen LogP contribution in [0, 0.1) is 0 Å². The molecule has 8 nitrogen and oxygen atoms in total. The average molecular weight is 759 g/mol. The summed E-state index contributed by atoms with van der Waals surface area (Å²) in [6.45, 7) is 4.16. The topological polar surface area (TPSA) is 131 Å². The molecular formula is C43H87N2O6P. The van der Waals surface area contributed by atoms with Gasteiger partial charge in [0.25, 0.3) is 0 Å². The van der Waals surface area contributed by atoms with E-state index in [1.807, 2.05) is 6.08 Å². The van der Waals surface area contributed by atoms with Gasteiger partial charge < -0.3 is 21.1 Å². The van der Waals surface area contributed by atoms with Gasteiger partial charge in [0.1, 0.15) is 0 Å². The molecule has 310 valence electrons. The van der Waals surface area contributed by atoms with Gasteiger partial charge in [-0.3, -0.25) is 13.8 Å². The minimum atomic E-state index is -4.33. The quantitative estimate of drug-likeness (QED) is 0.0277. The number of phosphoric acid groups is 1. The van der Waals surface area contributed by atoms with Crippen molar-refractivity contribution in [3.05, 3.63) is 12.2 Å². The van der Waals surface area contributed by atoms with Gasteiger partial charge >= 0.3 is 7.82 Å². The number of amides is 1. The summed E-state index contributed by atoms with van der Waals surface area (Å²) in [6, 6.07) is -0.854. The number of hydrogen-bond donors (Lipinski definition) is 4. The van der Waals surface area contributed by atoms with Crippen LogP contribution >= 0.6 is 7.82 Å². The Labute approximate surface area is 322 Å². The molecule has 5 N–H and O–H groups in total. The van der Waals surface area contributed by atoms with Crippen LogP contribution < -0.4 is 11.1 Å².